The molecule has 4 aromatic heterocycles. The molecule has 14 nitrogen and oxygen atoms in total. The van der Waals surface area contributed by atoms with Gasteiger partial charge in [-0.25, -0.2) is 9.59 Å². The largest absolute Gasteiger partial charge is 0.397 e. The van der Waals surface area contributed by atoms with E-state index in [2.05, 4.69) is 25.6 Å². The van der Waals surface area contributed by atoms with Gasteiger partial charge in [-0.15, -0.1) is 0 Å². The number of hydrogen-bond acceptors (Lipinski definition) is 9. The van der Waals surface area contributed by atoms with Crippen LogP contribution in [-0.2, 0) is 22.6 Å². The summed E-state index contributed by atoms with van der Waals surface area (Å²) in [6.45, 7) is 11.8. The van der Waals surface area contributed by atoms with Crippen molar-refractivity contribution in [3.8, 4) is 22.3 Å². The van der Waals surface area contributed by atoms with Gasteiger partial charge in [0.25, 0.3) is 0 Å². The minimum absolute atomic E-state index is 0.179. The molecule has 298 valence electrons. The molecule has 0 radical (unpaired) electrons. The van der Waals surface area contributed by atoms with Crippen LogP contribution in [-0.4, -0.2) is 48.5 Å². The number of benzene rings is 4. The maximum atomic E-state index is 12.7. The topological polar surface area (TPSA) is 192 Å². The van der Waals surface area contributed by atoms with E-state index in [0.717, 1.165) is 69.3 Å². The molecular weight excluding hydrogens is 737 g/mol. The number of nitrogens with two attached hydrogens (primary N) is 1. The van der Waals surface area contributed by atoms with Gasteiger partial charge in [-0.3, -0.25) is 13.9 Å². The van der Waals surface area contributed by atoms with E-state index in [9.17, 15) is 14.4 Å². The minimum atomic E-state index is -0.235. The van der Waals surface area contributed by atoms with Crippen molar-refractivity contribution in [3.05, 3.63) is 140 Å². The number of nitrogens with zero attached hydrogens (tertiary/aromatic N) is 4. The van der Waals surface area contributed by atoms with Gasteiger partial charge in [0.2, 0.25) is 5.91 Å². The first-order chi connectivity index (χ1) is 28.0. The molecule has 8 aromatic rings. The number of aryl methyl sites for hydroxylation is 4. The molecule has 1 amide bonds. The molecule has 5 heterocycles. The fourth-order valence-corrected chi connectivity index (χ4v) is 7.26. The Balaban J connectivity index is 0.000000158. The average Bonchev–Trinajstić information content (AvgIpc) is 4.05. The van der Waals surface area contributed by atoms with Gasteiger partial charge in [0, 0.05) is 31.3 Å². The lowest BCUT2D eigenvalue weighted by Crippen LogP contribution is -2.17. The van der Waals surface area contributed by atoms with Crippen LogP contribution in [0.4, 0.5) is 11.4 Å². The molecule has 1 aliphatic heterocycles. The molecule has 9 rings (SSSR count). The minimum Gasteiger partial charge on any atom is -0.397 e. The summed E-state index contributed by atoms with van der Waals surface area (Å²) in [5, 5.41) is 10.8. The number of amides is 1. The zero-order valence-electron chi connectivity index (χ0n) is 33.1. The Bertz CT molecular complexity index is 2770. The van der Waals surface area contributed by atoms with E-state index in [1.54, 1.807) is 9.13 Å². The first-order valence-electron chi connectivity index (χ1n) is 19.1. The molecule has 5 N–H and O–H groups in total. The van der Waals surface area contributed by atoms with E-state index < -0.39 is 0 Å². The number of carbonyl (C=O) groups is 1. The zero-order chi connectivity index (χ0) is 40.9. The van der Waals surface area contributed by atoms with Crippen LogP contribution >= 0.6 is 0 Å². The Morgan fingerprint density at radius 1 is 0.707 bits per heavy atom. The van der Waals surface area contributed by atoms with Crippen LogP contribution in [0.2, 0.25) is 0 Å². The van der Waals surface area contributed by atoms with Crippen LogP contribution in [0.5, 0.6) is 0 Å². The summed E-state index contributed by atoms with van der Waals surface area (Å²) in [7, 11) is 0. The van der Waals surface area contributed by atoms with E-state index in [0.29, 0.717) is 46.8 Å². The highest BCUT2D eigenvalue weighted by Crippen LogP contribution is 2.34. The molecule has 1 fully saturated rings. The Kier molecular flexibility index (Phi) is 11.6. The van der Waals surface area contributed by atoms with Gasteiger partial charge < -0.3 is 34.8 Å². The third-order valence-corrected chi connectivity index (χ3v) is 9.95. The van der Waals surface area contributed by atoms with Crippen molar-refractivity contribution < 1.29 is 18.6 Å². The van der Waals surface area contributed by atoms with Crippen molar-refractivity contribution >= 4 is 39.3 Å². The second-order valence-electron chi connectivity index (χ2n) is 14.3. The van der Waals surface area contributed by atoms with Gasteiger partial charge in [-0.1, -0.05) is 71.0 Å². The maximum absolute atomic E-state index is 12.7. The molecular formula is C44H46N8O6. The summed E-state index contributed by atoms with van der Waals surface area (Å²) in [5.41, 5.74) is 16.7. The first-order valence-corrected chi connectivity index (χ1v) is 19.1. The molecule has 0 spiro atoms. The van der Waals surface area contributed by atoms with Gasteiger partial charge >= 0.3 is 11.4 Å². The van der Waals surface area contributed by atoms with Crippen LogP contribution < -0.4 is 22.4 Å². The fraction of sp³-hybridized carbons (Fsp3) is 0.250. The molecule has 1 aliphatic rings. The number of aromatic nitrogens is 6. The van der Waals surface area contributed by atoms with E-state index in [1.165, 1.54) is 19.8 Å². The van der Waals surface area contributed by atoms with Crippen LogP contribution in [0.25, 0.3) is 44.3 Å². The van der Waals surface area contributed by atoms with E-state index in [1.807, 2.05) is 113 Å². The smallest absolute Gasteiger partial charge is 0.326 e. The van der Waals surface area contributed by atoms with Crippen LogP contribution in [0.3, 0.4) is 0 Å². The van der Waals surface area contributed by atoms with Crippen LogP contribution in [0.1, 0.15) is 53.8 Å². The lowest BCUT2D eigenvalue weighted by atomic mass is 10.0. The number of nitrogen functional groups attached to an aromatic ring is 1. The van der Waals surface area contributed by atoms with Crippen molar-refractivity contribution in [2.24, 2.45) is 0 Å². The number of nitrogens with one attached hydrogen (secondary N) is 3. The van der Waals surface area contributed by atoms with Gasteiger partial charge in [0.15, 0.2) is 0 Å². The van der Waals surface area contributed by atoms with E-state index in [-0.39, 0.29) is 17.3 Å². The van der Waals surface area contributed by atoms with Crippen molar-refractivity contribution in [2.75, 3.05) is 24.3 Å². The molecule has 4 aromatic carbocycles. The van der Waals surface area contributed by atoms with E-state index >= 15 is 0 Å². The molecule has 0 bridgehead atoms. The third-order valence-electron chi connectivity index (χ3n) is 9.95. The standard InChI is InChI=1S/C21H20N4O3.C19H18N4O2.C4H8O/c1-12-19(13(2)28-24-12)16-9-17(22-14(3)26)20-18(10-16)25(21(27)23-20)11-15-7-5-4-6-8-15;1-11-17(12(2)25-22-11)14-8-15(20)18-16(9-14)23(19(24)21-18)10-13-6-4-3-5-7-13;1-2-4-5-3-1/h4-10H,11H2,1-3H3,(H,22,26)(H,23,27);3-9H,10,20H2,1-2H3,(H,21,24);1-4H2. The summed E-state index contributed by atoms with van der Waals surface area (Å²) in [6.07, 6.45) is 2.56. The number of hydrogen-bond donors (Lipinski definition) is 4. The zero-order valence-corrected chi connectivity index (χ0v) is 33.1. The molecule has 0 unspecified atom stereocenters. The number of fused-ring (bicyclic) bond motifs is 2. The molecule has 0 saturated carbocycles. The monoisotopic (exact) mass is 782 g/mol. The second-order valence-corrected chi connectivity index (χ2v) is 14.3. The highest BCUT2D eigenvalue weighted by atomic mass is 16.5. The maximum Gasteiger partial charge on any atom is 0.326 e. The Hall–Kier alpha value is -6.93. The molecule has 0 atom stereocenters. The highest BCUT2D eigenvalue weighted by molar-refractivity contribution is 6.01. The second kappa shape index (κ2) is 17.1. The Labute approximate surface area is 333 Å². The SMILES string of the molecule is C1CCOC1.CC(=O)Nc1cc(-c2c(C)noc2C)cc2c1[nH]c(=O)n2Cc1ccccc1.Cc1noc(C)c1-c1cc(N)c2[nH]c(=O)n(Cc3ccccc3)c2c1. The number of imidazole rings is 2. The number of aromatic amines is 2. The van der Waals surface area contributed by atoms with Crippen LogP contribution in [0.15, 0.2) is 104 Å². The van der Waals surface area contributed by atoms with E-state index in [4.69, 9.17) is 19.5 Å². The van der Waals surface area contributed by atoms with Gasteiger partial charge in [-0.2, -0.15) is 0 Å². The summed E-state index contributed by atoms with van der Waals surface area (Å²) in [4.78, 5) is 42.6. The first kappa shape index (κ1) is 39.3. The average molecular weight is 783 g/mol. The third kappa shape index (κ3) is 8.42. The summed E-state index contributed by atoms with van der Waals surface area (Å²) >= 11 is 0. The molecule has 1 saturated heterocycles. The normalized spacial score (nSPS) is 12.3. The Morgan fingerprint density at radius 3 is 1.60 bits per heavy atom. The van der Waals surface area contributed by atoms with Crippen molar-refractivity contribution in [1.82, 2.24) is 29.4 Å². The number of H-pyrrole nitrogens is 2. The molecule has 14 heteroatoms. The molecule has 0 aliphatic carbocycles. The molecule has 58 heavy (non-hydrogen) atoms. The fourth-order valence-electron chi connectivity index (χ4n) is 7.26. The van der Waals surface area contributed by atoms with Crippen molar-refractivity contribution in [3.63, 3.8) is 0 Å². The van der Waals surface area contributed by atoms with Gasteiger partial charge in [-0.05, 0) is 87.1 Å². The predicted octanol–water partition coefficient (Wildman–Crippen LogP) is 7.64. The van der Waals surface area contributed by atoms with Crippen molar-refractivity contribution in [1.29, 1.82) is 0 Å². The van der Waals surface area contributed by atoms with Gasteiger partial charge in [0.1, 0.15) is 11.5 Å². The van der Waals surface area contributed by atoms with Gasteiger partial charge in [0.05, 0.1) is 57.9 Å². The summed E-state index contributed by atoms with van der Waals surface area (Å²) < 4.78 is 18.9. The summed E-state index contributed by atoms with van der Waals surface area (Å²) in [6, 6.07) is 27.2. The van der Waals surface area contributed by atoms with Crippen molar-refractivity contribution in [2.45, 2.75) is 60.5 Å². The quantitative estimate of drug-likeness (QED) is 0.118. The lowest BCUT2D eigenvalue weighted by Gasteiger charge is -2.10. The lowest BCUT2D eigenvalue weighted by molar-refractivity contribution is -0.114. The Morgan fingerprint density at radius 2 is 1.17 bits per heavy atom. The summed E-state index contributed by atoms with van der Waals surface area (Å²) in [5.74, 6) is 1.19. The number of ether oxygens (including phenoxy) is 1. The number of rotatable bonds is 7. The number of carbonyl (C=O) groups excluding carboxylic acids is 1. The predicted molar refractivity (Wildman–Crippen MR) is 225 cm³/mol. The number of anilines is 2. The van der Waals surface area contributed by atoms with Crippen LogP contribution in [0, 0.1) is 27.7 Å². The highest BCUT2D eigenvalue weighted by Gasteiger charge is 2.19.